The Hall–Kier alpha value is -0.940. The van der Waals surface area contributed by atoms with Crippen molar-refractivity contribution in [3.05, 3.63) is 36.4 Å². The van der Waals surface area contributed by atoms with E-state index in [0.29, 0.717) is 6.04 Å². The first-order valence-corrected chi connectivity index (χ1v) is 7.07. The van der Waals surface area contributed by atoms with E-state index in [1.165, 1.54) is 5.56 Å². The predicted octanol–water partition coefficient (Wildman–Crippen LogP) is 3.07. The molecule has 1 aliphatic heterocycles. The molecule has 0 aromatic heterocycles. The summed E-state index contributed by atoms with van der Waals surface area (Å²) in [6.07, 6.45) is 2.90. The first-order chi connectivity index (χ1) is 9.80. The molecule has 1 N–H and O–H groups in total. The molecule has 4 nitrogen and oxygen atoms in total. The third-order valence-corrected chi connectivity index (χ3v) is 3.78. The molecule has 1 fully saturated rings. The van der Waals surface area contributed by atoms with Crippen molar-refractivity contribution in [2.24, 2.45) is 0 Å². The second kappa shape index (κ2) is 10.7. The lowest BCUT2D eigenvalue weighted by molar-refractivity contribution is 0.171. The molecule has 1 saturated heterocycles. The molecule has 0 radical (unpaired) electrons. The molecule has 1 heterocycles. The first-order valence-electron chi connectivity index (χ1n) is 7.07. The van der Waals surface area contributed by atoms with E-state index in [1.807, 2.05) is 18.2 Å². The Kier molecular flexibility index (Phi) is 10.3. The van der Waals surface area contributed by atoms with Crippen molar-refractivity contribution < 1.29 is 9.47 Å². The summed E-state index contributed by atoms with van der Waals surface area (Å²) in [7, 11) is 3.38. The number of piperazine rings is 1. The molecule has 126 valence electrons. The molecule has 0 saturated carbocycles. The highest BCUT2D eigenvalue weighted by molar-refractivity contribution is 5.85. The Balaban J connectivity index is 0.00000220. The van der Waals surface area contributed by atoms with Gasteiger partial charge in [0.1, 0.15) is 11.5 Å². The average molecular weight is 349 g/mol. The van der Waals surface area contributed by atoms with Crippen LogP contribution in [0, 0.1) is 0 Å². The molecular formula is C16H26Cl2N2O2. The number of halogens is 2. The molecule has 1 aromatic rings. The predicted molar refractivity (Wildman–Crippen MR) is 96.0 cm³/mol. The molecular weight excluding hydrogens is 323 g/mol. The highest BCUT2D eigenvalue weighted by Gasteiger charge is 2.24. The van der Waals surface area contributed by atoms with E-state index in [1.54, 1.807) is 14.2 Å². The van der Waals surface area contributed by atoms with Crippen LogP contribution in [0.1, 0.15) is 18.0 Å². The summed E-state index contributed by atoms with van der Waals surface area (Å²) >= 11 is 0. The number of ether oxygens (including phenoxy) is 2. The molecule has 2 rings (SSSR count). The quantitative estimate of drug-likeness (QED) is 0.801. The maximum Gasteiger partial charge on any atom is 0.127 e. The standard InChI is InChI=1S/C16H24N2O2.2ClH/c1-4-5-15(18-10-8-17-9-11-18)14-7-6-13(19-2)12-16(14)20-3;;/h4,6-7,12,15,17H,1,5,8-11H2,2-3H3;2*1H/t15-;;/m0../s1. The van der Waals surface area contributed by atoms with Gasteiger partial charge in [-0.1, -0.05) is 12.1 Å². The van der Waals surface area contributed by atoms with Crippen LogP contribution >= 0.6 is 24.8 Å². The van der Waals surface area contributed by atoms with Crippen LogP contribution in [0.2, 0.25) is 0 Å². The second-order valence-electron chi connectivity index (χ2n) is 4.93. The second-order valence-corrected chi connectivity index (χ2v) is 4.93. The lowest BCUT2D eigenvalue weighted by Gasteiger charge is -2.35. The number of nitrogens with one attached hydrogen (secondary N) is 1. The summed E-state index contributed by atoms with van der Waals surface area (Å²) < 4.78 is 10.8. The maximum atomic E-state index is 5.55. The number of hydrogen-bond acceptors (Lipinski definition) is 4. The molecule has 22 heavy (non-hydrogen) atoms. The van der Waals surface area contributed by atoms with E-state index in [2.05, 4.69) is 22.9 Å². The van der Waals surface area contributed by atoms with Crippen LogP contribution in [0.25, 0.3) is 0 Å². The third-order valence-electron chi connectivity index (χ3n) is 3.78. The van der Waals surface area contributed by atoms with E-state index in [9.17, 15) is 0 Å². The molecule has 1 aromatic carbocycles. The SMILES string of the molecule is C=CC[C@@H](c1ccc(OC)cc1OC)N1CCNCC1.Cl.Cl. The fourth-order valence-electron chi connectivity index (χ4n) is 2.72. The molecule has 1 atom stereocenters. The molecule has 1 aliphatic rings. The van der Waals surface area contributed by atoms with Crippen LogP contribution in [0.5, 0.6) is 11.5 Å². The van der Waals surface area contributed by atoms with Crippen molar-refractivity contribution in [3.63, 3.8) is 0 Å². The largest absolute Gasteiger partial charge is 0.497 e. The van der Waals surface area contributed by atoms with Crippen LogP contribution in [-0.4, -0.2) is 45.3 Å². The fourth-order valence-corrected chi connectivity index (χ4v) is 2.72. The first kappa shape index (κ1) is 21.1. The summed E-state index contributed by atoms with van der Waals surface area (Å²) in [6.45, 7) is 8.07. The van der Waals surface area contributed by atoms with Crippen molar-refractivity contribution in [2.75, 3.05) is 40.4 Å². The number of benzene rings is 1. The smallest absolute Gasteiger partial charge is 0.127 e. The van der Waals surface area contributed by atoms with Gasteiger partial charge in [0.15, 0.2) is 0 Å². The van der Waals surface area contributed by atoms with Crippen LogP contribution in [0.15, 0.2) is 30.9 Å². The zero-order valence-electron chi connectivity index (χ0n) is 13.2. The van der Waals surface area contributed by atoms with Crippen molar-refractivity contribution in [3.8, 4) is 11.5 Å². The van der Waals surface area contributed by atoms with E-state index in [-0.39, 0.29) is 24.8 Å². The average Bonchev–Trinajstić information content (AvgIpc) is 2.53. The lowest BCUT2D eigenvalue weighted by atomic mass is 9.99. The molecule has 0 spiro atoms. The van der Waals surface area contributed by atoms with Crippen LogP contribution in [0.4, 0.5) is 0 Å². The normalized spacial score (nSPS) is 15.9. The minimum Gasteiger partial charge on any atom is -0.497 e. The van der Waals surface area contributed by atoms with Crippen LogP contribution in [0.3, 0.4) is 0 Å². The van der Waals surface area contributed by atoms with E-state index in [0.717, 1.165) is 44.1 Å². The van der Waals surface area contributed by atoms with Crippen LogP contribution < -0.4 is 14.8 Å². The summed E-state index contributed by atoms with van der Waals surface area (Å²) in [5.74, 6) is 1.71. The van der Waals surface area contributed by atoms with E-state index >= 15 is 0 Å². The maximum absolute atomic E-state index is 5.55. The summed E-state index contributed by atoms with van der Waals surface area (Å²) in [4.78, 5) is 2.49. The number of nitrogens with zero attached hydrogens (tertiary/aromatic N) is 1. The van der Waals surface area contributed by atoms with Gasteiger partial charge in [-0.3, -0.25) is 4.90 Å². The van der Waals surface area contributed by atoms with Crippen molar-refractivity contribution in [1.29, 1.82) is 0 Å². The third kappa shape index (κ3) is 5.06. The van der Waals surface area contributed by atoms with Gasteiger partial charge < -0.3 is 14.8 Å². The number of hydrogen-bond donors (Lipinski definition) is 1. The van der Waals surface area contributed by atoms with Gasteiger partial charge in [-0.2, -0.15) is 0 Å². The van der Waals surface area contributed by atoms with E-state index < -0.39 is 0 Å². The Morgan fingerprint density at radius 3 is 2.45 bits per heavy atom. The zero-order chi connectivity index (χ0) is 14.4. The van der Waals surface area contributed by atoms with Gasteiger partial charge in [0.25, 0.3) is 0 Å². The minimum absolute atomic E-state index is 0. The molecule has 0 bridgehead atoms. The van der Waals surface area contributed by atoms with Crippen molar-refractivity contribution >= 4 is 24.8 Å². The summed E-state index contributed by atoms with van der Waals surface area (Å²) in [5, 5.41) is 3.39. The lowest BCUT2D eigenvalue weighted by Crippen LogP contribution is -2.45. The zero-order valence-corrected chi connectivity index (χ0v) is 14.8. The highest BCUT2D eigenvalue weighted by atomic mass is 35.5. The van der Waals surface area contributed by atoms with Crippen molar-refractivity contribution in [1.82, 2.24) is 10.2 Å². The Bertz CT molecular complexity index is 452. The monoisotopic (exact) mass is 348 g/mol. The Morgan fingerprint density at radius 2 is 1.91 bits per heavy atom. The van der Waals surface area contributed by atoms with Gasteiger partial charge in [0.05, 0.1) is 14.2 Å². The van der Waals surface area contributed by atoms with Gasteiger partial charge in [0, 0.05) is 43.9 Å². The van der Waals surface area contributed by atoms with Gasteiger partial charge in [0.2, 0.25) is 0 Å². The van der Waals surface area contributed by atoms with Crippen molar-refractivity contribution in [2.45, 2.75) is 12.5 Å². The van der Waals surface area contributed by atoms with Gasteiger partial charge in [-0.05, 0) is 12.5 Å². The summed E-state index contributed by atoms with van der Waals surface area (Å²) in [6, 6.07) is 6.37. The van der Waals surface area contributed by atoms with Gasteiger partial charge in [-0.15, -0.1) is 31.4 Å². The van der Waals surface area contributed by atoms with Crippen LogP contribution in [-0.2, 0) is 0 Å². The molecule has 0 amide bonds. The topological polar surface area (TPSA) is 33.7 Å². The Labute approximate surface area is 145 Å². The number of rotatable bonds is 6. The highest BCUT2D eigenvalue weighted by Crippen LogP contribution is 2.34. The minimum atomic E-state index is 0. The van der Waals surface area contributed by atoms with E-state index in [4.69, 9.17) is 9.47 Å². The van der Waals surface area contributed by atoms with Gasteiger partial charge in [-0.25, -0.2) is 0 Å². The summed E-state index contributed by atoms with van der Waals surface area (Å²) in [5.41, 5.74) is 1.20. The molecule has 6 heteroatoms. The fraction of sp³-hybridized carbons (Fsp3) is 0.500. The molecule has 0 aliphatic carbocycles. The molecule has 0 unspecified atom stereocenters. The van der Waals surface area contributed by atoms with Gasteiger partial charge >= 0.3 is 0 Å². The number of methoxy groups -OCH3 is 2. The Morgan fingerprint density at radius 1 is 1.23 bits per heavy atom.